The van der Waals surface area contributed by atoms with Gasteiger partial charge >= 0.3 is 0 Å². The van der Waals surface area contributed by atoms with E-state index in [0.29, 0.717) is 80.3 Å². The summed E-state index contributed by atoms with van der Waals surface area (Å²) in [6, 6.07) is 5.38. The molecule has 234 valence electrons. The quantitative estimate of drug-likeness (QED) is 0.183. The number of carbonyl (C=O) groups excluding carboxylic acids is 1. The van der Waals surface area contributed by atoms with Crippen molar-refractivity contribution >= 4 is 39.5 Å². The van der Waals surface area contributed by atoms with Gasteiger partial charge in [-0.3, -0.25) is 9.36 Å². The number of hydrogen-bond donors (Lipinski definition) is 2. The first-order valence-electron chi connectivity index (χ1n) is 15.2. The topological polar surface area (TPSA) is 88.5 Å². The smallest absolute Gasteiger partial charge is 0.276 e. The van der Waals surface area contributed by atoms with Crippen molar-refractivity contribution in [1.82, 2.24) is 14.3 Å². The lowest BCUT2D eigenvalue weighted by molar-refractivity contribution is -0.107. The number of aldehydes is 1. The number of halogens is 3. The highest BCUT2D eigenvalue weighted by Crippen LogP contribution is 2.39. The van der Waals surface area contributed by atoms with Gasteiger partial charge in [0.05, 0.1) is 30.2 Å². The Morgan fingerprint density at radius 1 is 1.23 bits per heavy atom. The van der Waals surface area contributed by atoms with E-state index in [1.54, 1.807) is 11.5 Å². The Bertz CT molecular complexity index is 1450. The van der Waals surface area contributed by atoms with Crippen LogP contribution in [0.25, 0.3) is 11.0 Å². The molecule has 2 aliphatic rings. The molecule has 0 spiro atoms. The molecular weight excluding hydrogens is 579 g/mol. The van der Waals surface area contributed by atoms with Crippen LogP contribution in [0.4, 0.5) is 23.9 Å². The van der Waals surface area contributed by atoms with E-state index in [9.17, 15) is 9.59 Å². The van der Waals surface area contributed by atoms with Crippen LogP contribution in [0.15, 0.2) is 29.1 Å². The summed E-state index contributed by atoms with van der Waals surface area (Å²) in [5.74, 6) is -3.94. The lowest BCUT2D eigenvalue weighted by atomic mass is 9.89. The summed E-state index contributed by atoms with van der Waals surface area (Å²) in [6.45, 7) is 5.98. The molecule has 2 fully saturated rings. The molecule has 0 saturated carbocycles. The Kier molecular flexibility index (Phi) is 10.4. The molecule has 1 atom stereocenters. The van der Waals surface area contributed by atoms with Crippen LogP contribution in [0, 0.1) is 11.7 Å². The summed E-state index contributed by atoms with van der Waals surface area (Å²) in [5.41, 5.74) is 0.461. The van der Waals surface area contributed by atoms with E-state index in [1.807, 2.05) is 11.0 Å². The van der Waals surface area contributed by atoms with E-state index in [1.165, 1.54) is 18.2 Å². The lowest BCUT2D eigenvalue weighted by Gasteiger charge is -2.28. The predicted molar refractivity (Wildman–Crippen MR) is 164 cm³/mol. The standard InChI is InChI=1S/C31H40F3N5O3S/c1-21(23-6-5-7-25(27(23)32)31(33,34)11-8-22-9-12-35-13-10-22)36-29-24-20-26(38-15-18-42-19-16-38)30(41)39(28(24)37-43-29)14-3-2-4-17-40/h5-7,17,20-22,35-36H,2-4,8-16,18-19H2,1H3/t21-/m1/s1. The molecule has 0 aliphatic carbocycles. The number of nitrogens with one attached hydrogen (secondary N) is 2. The van der Waals surface area contributed by atoms with Crippen LogP contribution in [-0.2, 0) is 22.0 Å². The highest BCUT2D eigenvalue weighted by molar-refractivity contribution is 7.11. The highest BCUT2D eigenvalue weighted by Gasteiger charge is 2.36. The summed E-state index contributed by atoms with van der Waals surface area (Å²) in [5, 5.41) is 7.88. The van der Waals surface area contributed by atoms with Gasteiger partial charge in [-0.1, -0.05) is 18.2 Å². The molecule has 2 saturated heterocycles. The first-order chi connectivity index (χ1) is 20.8. The van der Waals surface area contributed by atoms with E-state index in [0.717, 1.165) is 43.7 Å². The van der Waals surface area contributed by atoms with Crippen LogP contribution in [0.1, 0.15) is 69.0 Å². The summed E-state index contributed by atoms with van der Waals surface area (Å²) in [6.07, 6.45) is 4.29. The van der Waals surface area contributed by atoms with Crippen LogP contribution in [0.5, 0.6) is 0 Å². The molecular formula is C31H40F3N5O3S. The monoisotopic (exact) mass is 619 g/mol. The average molecular weight is 620 g/mol. The van der Waals surface area contributed by atoms with Crippen molar-refractivity contribution < 1.29 is 22.7 Å². The van der Waals surface area contributed by atoms with Crippen LogP contribution in [0.2, 0.25) is 0 Å². The number of pyridine rings is 1. The third-order valence-corrected chi connectivity index (χ3v) is 9.36. The van der Waals surface area contributed by atoms with Crippen molar-refractivity contribution in [3.63, 3.8) is 0 Å². The Balaban J connectivity index is 1.41. The number of fused-ring (bicyclic) bond motifs is 1. The SMILES string of the molecule is C[C@@H](Nc1snc2c1cc(N1CCOCC1)c(=O)n2CCCCC=O)c1cccc(C(F)(F)CCC2CCNCC2)c1F. The minimum atomic E-state index is -3.27. The molecule has 0 radical (unpaired) electrons. The maximum absolute atomic E-state index is 15.7. The number of rotatable bonds is 13. The number of piperidine rings is 1. The van der Waals surface area contributed by atoms with Gasteiger partial charge < -0.3 is 25.1 Å². The maximum Gasteiger partial charge on any atom is 0.276 e. The molecule has 3 aromatic rings. The second-order valence-corrected chi connectivity index (χ2v) is 12.3. The molecule has 1 aromatic carbocycles. The molecule has 2 aromatic heterocycles. The van der Waals surface area contributed by atoms with Gasteiger partial charge in [0.25, 0.3) is 11.5 Å². The molecule has 43 heavy (non-hydrogen) atoms. The molecule has 0 unspecified atom stereocenters. The number of benzene rings is 1. The van der Waals surface area contributed by atoms with Gasteiger partial charge in [-0.2, -0.15) is 4.37 Å². The number of alkyl halides is 2. The van der Waals surface area contributed by atoms with Gasteiger partial charge in [0.2, 0.25) is 0 Å². The van der Waals surface area contributed by atoms with Crippen molar-refractivity contribution in [3.05, 3.63) is 51.6 Å². The fourth-order valence-electron chi connectivity index (χ4n) is 6.02. The second-order valence-electron chi connectivity index (χ2n) is 11.5. The Morgan fingerprint density at radius 3 is 2.74 bits per heavy atom. The van der Waals surface area contributed by atoms with Crippen molar-refractivity contribution in [1.29, 1.82) is 0 Å². The number of unbranched alkanes of at least 4 members (excludes halogenated alkanes) is 2. The Hall–Kier alpha value is -2.96. The van der Waals surface area contributed by atoms with E-state index in [2.05, 4.69) is 15.0 Å². The number of aryl methyl sites for hydroxylation is 1. The lowest BCUT2D eigenvalue weighted by Crippen LogP contribution is -2.40. The summed E-state index contributed by atoms with van der Waals surface area (Å²) in [7, 11) is 0. The zero-order valence-corrected chi connectivity index (χ0v) is 25.4. The zero-order chi connectivity index (χ0) is 30.4. The van der Waals surface area contributed by atoms with Crippen molar-refractivity contribution in [2.24, 2.45) is 5.92 Å². The summed E-state index contributed by atoms with van der Waals surface area (Å²) in [4.78, 5) is 26.4. The normalized spacial score (nSPS) is 17.3. The zero-order valence-electron chi connectivity index (χ0n) is 24.5. The van der Waals surface area contributed by atoms with Crippen LogP contribution in [0.3, 0.4) is 0 Å². The van der Waals surface area contributed by atoms with E-state index in [-0.39, 0.29) is 23.5 Å². The van der Waals surface area contributed by atoms with E-state index < -0.39 is 23.3 Å². The van der Waals surface area contributed by atoms with Crippen molar-refractivity contribution in [2.45, 2.75) is 70.4 Å². The summed E-state index contributed by atoms with van der Waals surface area (Å²) < 4.78 is 58.0. The van der Waals surface area contributed by atoms with Gasteiger partial charge in [-0.25, -0.2) is 13.2 Å². The number of nitrogens with zero attached hydrogens (tertiary/aromatic N) is 3. The van der Waals surface area contributed by atoms with Gasteiger partial charge in [-0.15, -0.1) is 0 Å². The number of ether oxygens (including phenoxy) is 1. The number of hydrogen-bond acceptors (Lipinski definition) is 8. The van der Waals surface area contributed by atoms with Crippen molar-refractivity contribution in [3.8, 4) is 0 Å². The van der Waals surface area contributed by atoms with Crippen LogP contribution in [-0.4, -0.2) is 54.6 Å². The summed E-state index contributed by atoms with van der Waals surface area (Å²) >= 11 is 1.15. The molecule has 0 amide bonds. The minimum Gasteiger partial charge on any atom is -0.378 e. The average Bonchev–Trinajstić information content (AvgIpc) is 3.41. The highest BCUT2D eigenvalue weighted by atomic mass is 32.1. The number of anilines is 2. The molecule has 5 rings (SSSR count). The second kappa shape index (κ2) is 14.2. The number of morpholine rings is 1. The first-order valence-corrected chi connectivity index (χ1v) is 16.0. The molecule has 8 nitrogen and oxygen atoms in total. The number of carbonyl (C=O) groups is 1. The molecule has 0 bridgehead atoms. The fourth-order valence-corrected chi connectivity index (χ4v) is 6.87. The number of aromatic nitrogens is 2. The predicted octanol–water partition coefficient (Wildman–Crippen LogP) is 5.85. The van der Waals surface area contributed by atoms with Crippen LogP contribution >= 0.6 is 11.5 Å². The molecule has 2 N–H and O–H groups in total. The van der Waals surface area contributed by atoms with Gasteiger partial charge in [0, 0.05) is 38.0 Å². The first kappa shape index (κ1) is 31.5. The molecule has 4 heterocycles. The third kappa shape index (κ3) is 7.24. The van der Waals surface area contributed by atoms with Gasteiger partial charge in [0.1, 0.15) is 22.8 Å². The van der Waals surface area contributed by atoms with Gasteiger partial charge in [0.15, 0.2) is 5.65 Å². The van der Waals surface area contributed by atoms with Crippen LogP contribution < -0.4 is 21.1 Å². The largest absolute Gasteiger partial charge is 0.378 e. The molecule has 2 aliphatic heterocycles. The van der Waals surface area contributed by atoms with E-state index >= 15 is 13.2 Å². The fraction of sp³-hybridized carbons (Fsp3) is 0.581. The molecule has 12 heteroatoms. The third-order valence-electron chi connectivity index (χ3n) is 8.58. The maximum atomic E-state index is 15.7. The minimum absolute atomic E-state index is 0.149. The van der Waals surface area contributed by atoms with Crippen molar-refractivity contribution in [2.75, 3.05) is 49.6 Å². The van der Waals surface area contributed by atoms with Gasteiger partial charge in [-0.05, 0) is 75.6 Å². The van der Waals surface area contributed by atoms with E-state index in [4.69, 9.17) is 4.74 Å². The Morgan fingerprint density at radius 2 is 2.00 bits per heavy atom. The Labute approximate surface area is 253 Å².